The fourth-order valence-corrected chi connectivity index (χ4v) is 4.05. The molecule has 8 nitrogen and oxygen atoms in total. The van der Waals surface area contributed by atoms with Crippen molar-refractivity contribution in [3.05, 3.63) is 30.3 Å². The summed E-state index contributed by atoms with van der Waals surface area (Å²) in [6.07, 6.45) is 4.49. The smallest absolute Gasteiger partial charge is 0.319 e. The number of amides is 3. The number of anilines is 1. The lowest BCUT2D eigenvalue weighted by Gasteiger charge is -2.30. The van der Waals surface area contributed by atoms with E-state index in [1.54, 1.807) is 0 Å². The average Bonchev–Trinajstić information content (AvgIpc) is 3.17. The second-order valence-electron chi connectivity index (χ2n) is 7.56. The van der Waals surface area contributed by atoms with E-state index in [-0.39, 0.29) is 30.6 Å². The lowest BCUT2D eigenvalue weighted by atomic mass is 9.91. The summed E-state index contributed by atoms with van der Waals surface area (Å²) in [6, 6.07) is 12.6. The van der Waals surface area contributed by atoms with Crippen LogP contribution in [0.4, 0.5) is 10.5 Å². The van der Waals surface area contributed by atoms with E-state index < -0.39 is 12.1 Å². The Bertz CT molecular complexity index is 770. The lowest BCUT2D eigenvalue weighted by molar-refractivity contribution is -0.131. The maximum atomic E-state index is 12.5. The van der Waals surface area contributed by atoms with Gasteiger partial charge in [-0.3, -0.25) is 4.79 Å². The van der Waals surface area contributed by atoms with Crippen LogP contribution < -0.4 is 16.0 Å². The zero-order valence-electron chi connectivity index (χ0n) is 16.3. The minimum absolute atomic E-state index is 0.108. The van der Waals surface area contributed by atoms with E-state index in [0.717, 1.165) is 31.4 Å². The Morgan fingerprint density at radius 2 is 1.52 bits per heavy atom. The monoisotopic (exact) mass is 394 g/mol. The zero-order chi connectivity index (χ0) is 20.6. The van der Waals surface area contributed by atoms with Gasteiger partial charge in [-0.15, -0.1) is 0 Å². The highest BCUT2D eigenvalue weighted by Gasteiger charge is 2.37. The molecular formula is C21H26N6O2. The van der Waals surface area contributed by atoms with Crippen molar-refractivity contribution in [3.63, 3.8) is 0 Å². The summed E-state index contributed by atoms with van der Waals surface area (Å²) >= 11 is 0. The predicted molar refractivity (Wildman–Crippen MR) is 108 cm³/mol. The predicted octanol–water partition coefficient (Wildman–Crippen LogP) is 2.12. The summed E-state index contributed by atoms with van der Waals surface area (Å²) in [6.45, 7) is 0.133. The van der Waals surface area contributed by atoms with Gasteiger partial charge in [0, 0.05) is 17.8 Å². The van der Waals surface area contributed by atoms with Crippen LogP contribution in [0.25, 0.3) is 0 Å². The van der Waals surface area contributed by atoms with E-state index in [2.05, 4.69) is 28.1 Å². The molecule has 2 fully saturated rings. The third-order valence-corrected chi connectivity index (χ3v) is 5.61. The van der Waals surface area contributed by atoms with Gasteiger partial charge in [-0.1, -0.05) is 18.2 Å². The maximum absolute atomic E-state index is 12.5. The van der Waals surface area contributed by atoms with Gasteiger partial charge < -0.3 is 20.9 Å². The molecule has 3 amide bonds. The topological polar surface area (TPSA) is 121 Å². The zero-order valence-corrected chi connectivity index (χ0v) is 16.3. The molecule has 0 unspecified atom stereocenters. The van der Waals surface area contributed by atoms with E-state index in [4.69, 9.17) is 0 Å². The van der Waals surface area contributed by atoms with Crippen molar-refractivity contribution in [1.29, 1.82) is 10.5 Å². The molecule has 1 aliphatic heterocycles. The molecule has 2 atom stereocenters. The van der Waals surface area contributed by atoms with Crippen molar-refractivity contribution < 1.29 is 9.59 Å². The molecule has 0 aromatic heterocycles. The lowest BCUT2D eigenvalue weighted by Crippen LogP contribution is -2.48. The van der Waals surface area contributed by atoms with Crippen LogP contribution in [0, 0.1) is 22.7 Å². The molecule has 3 rings (SSSR count). The van der Waals surface area contributed by atoms with Gasteiger partial charge in [-0.05, 0) is 50.7 Å². The number of urea groups is 1. The number of nitriles is 2. The SMILES string of the molecule is N#C[C@@H]1CC[C@H](C#N)N1C(=O)CNC1CCC(NC(=O)Nc2ccccc2)CC1. The number of hydrogen-bond acceptors (Lipinski definition) is 5. The Hall–Kier alpha value is -3.10. The van der Waals surface area contributed by atoms with Crippen LogP contribution in [0.2, 0.25) is 0 Å². The molecule has 1 saturated carbocycles. The van der Waals surface area contributed by atoms with Crippen molar-refractivity contribution in [2.45, 2.75) is 62.7 Å². The summed E-state index contributed by atoms with van der Waals surface area (Å²) in [7, 11) is 0. The molecule has 1 aliphatic carbocycles. The first-order valence-electron chi connectivity index (χ1n) is 10.1. The summed E-state index contributed by atoms with van der Waals surface area (Å²) in [5.41, 5.74) is 0.757. The number of benzene rings is 1. The normalized spacial score (nSPS) is 26.2. The van der Waals surface area contributed by atoms with Crippen LogP contribution in [0.1, 0.15) is 38.5 Å². The highest BCUT2D eigenvalue weighted by Crippen LogP contribution is 2.24. The number of hydrogen-bond donors (Lipinski definition) is 3. The van der Waals surface area contributed by atoms with Crippen LogP contribution in [-0.2, 0) is 4.79 Å². The minimum Gasteiger partial charge on any atom is -0.335 e. The summed E-state index contributed by atoms with van der Waals surface area (Å²) in [5, 5.41) is 27.5. The van der Waals surface area contributed by atoms with E-state index in [9.17, 15) is 20.1 Å². The Kier molecular flexibility index (Phi) is 7.04. The summed E-state index contributed by atoms with van der Waals surface area (Å²) < 4.78 is 0. The van der Waals surface area contributed by atoms with Gasteiger partial charge in [0.15, 0.2) is 0 Å². The number of nitrogens with one attached hydrogen (secondary N) is 3. The molecular weight excluding hydrogens is 368 g/mol. The fourth-order valence-electron chi connectivity index (χ4n) is 4.05. The van der Waals surface area contributed by atoms with E-state index in [0.29, 0.717) is 12.8 Å². The molecule has 1 saturated heterocycles. The molecule has 0 bridgehead atoms. The number of carbonyl (C=O) groups is 2. The quantitative estimate of drug-likeness (QED) is 0.706. The molecule has 3 N–H and O–H groups in total. The second kappa shape index (κ2) is 9.90. The van der Waals surface area contributed by atoms with Gasteiger partial charge >= 0.3 is 6.03 Å². The first kappa shape index (κ1) is 20.6. The largest absolute Gasteiger partial charge is 0.335 e. The van der Waals surface area contributed by atoms with Gasteiger partial charge in [-0.25, -0.2) is 4.79 Å². The number of para-hydroxylation sites is 1. The summed E-state index contributed by atoms with van der Waals surface area (Å²) in [5.74, 6) is -0.192. The third-order valence-electron chi connectivity index (χ3n) is 5.61. The molecule has 152 valence electrons. The molecule has 2 aliphatic rings. The van der Waals surface area contributed by atoms with E-state index >= 15 is 0 Å². The van der Waals surface area contributed by atoms with Gasteiger partial charge in [0.25, 0.3) is 0 Å². The maximum Gasteiger partial charge on any atom is 0.319 e. The first-order chi connectivity index (χ1) is 14.1. The van der Waals surface area contributed by atoms with Crippen molar-refractivity contribution in [2.24, 2.45) is 0 Å². The Morgan fingerprint density at radius 1 is 0.931 bits per heavy atom. The van der Waals surface area contributed by atoms with Gasteiger partial charge in [0.1, 0.15) is 12.1 Å². The number of likely N-dealkylation sites (tertiary alicyclic amines) is 1. The molecule has 0 radical (unpaired) electrons. The van der Waals surface area contributed by atoms with Gasteiger partial charge in [0.05, 0.1) is 18.7 Å². The van der Waals surface area contributed by atoms with E-state index in [1.807, 2.05) is 30.3 Å². The average molecular weight is 394 g/mol. The molecule has 1 aromatic rings. The minimum atomic E-state index is -0.503. The molecule has 29 heavy (non-hydrogen) atoms. The standard InChI is InChI=1S/C21H26N6O2/c22-12-18-10-11-19(13-23)27(18)20(28)14-24-15-6-8-17(9-7-15)26-21(29)25-16-4-2-1-3-5-16/h1-5,15,17-19,24H,6-11,14H2,(H2,25,26,29)/t15?,17?,18-,19+. The van der Waals surface area contributed by atoms with Crippen molar-refractivity contribution in [1.82, 2.24) is 15.5 Å². The summed E-state index contributed by atoms with van der Waals surface area (Å²) in [4.78, 5) is 26.0. The molecule has 1 heterocycles. The van der Waals surface area contributed by atoms with E-state index in [1.165, 1.54) is 4.90 Å². The van der Waals surface area contributed by atoms with Crippen molar-refractivity contribution in [3.8, 4) is 12.1 Å². The number of carbonyl (C=O) groups excluding carboxylic acids is 2. The van der Waals surface area contributed by atoms with Crippen LogP contribution in [0.3, 0.4) is 0 Å². The molecule has 0 spiro atoms. The number of rotatable bonds is 5. The third kappa shape index (κ3) is 5.46. The van der Waals surface area contributed by atoms with Crippen LogP contribution in [-0.4, -0.2) is 47.6 Å². The number of nitrogens with zero attached hydrogens (tertiary/aromatic N) is 3. The van der Waals surface area contributed by atoms with Crippen LogP contribution in [0.5, 0.6) is 0 Å². The van der Waals surface area contributed by atoms with Crippen molar-refractivity contribution in [2.75, 3.05) is 11.9 Å². The van der Waals surface area contributed by atoms with Crippen LogP contribution in [0.15, 0.2) is 30.3 Å². The Labute approximate surface area is 170 Å². The highest BCUT2D eigenvalue weighted by atomic mass is 16.2. The molecule has 1 aromatic carbocycles. The van der Waals surface area contributed by atoms with Crippen LogP contribution >= 0.6 is 0 Å². The van der Waals surface area contributed by atoms with Gasteiger partial charge in [-0.2, -0.15) is 10.5 Å². The second-order valence-corrected chi connectivity index (χ2v) is 7.56. The first-order valence-corrected chi connectivity index (χ1v) is 10.1. The Morgan fingerprint density at radius 3 is 2.10 bits per heavy atom. The fraction of sp³-hybridized carbons (Fsp3) is 0.524. The van der Waals surface area contributed by atoms with Gasteiger partial charge in [0.2, 0.25) is 5.91 Å². The van der Waals surface area contributed by atoms with Crippen molar-refractivity contribution >= 4 is 17.6 Å². The Balaban J connectivity index is 1.39. The molecule has 8 heteroatoms. The highest BCUT2D eigenvalue weighted by molar-refractivity contribution is 5.89.